The minimum Gasteiger partial charge on any atom is -0.493 e. The predicted molar refractivity (Wildman–Crippen MR) is 116 cm³/mol. The van der Waals surface area contributed by atoms with E-state index in [4.69, 9.17) is 9.47 Å². The SMILES string of the molecule is O=C(CCCOc1cccc(F)c1)Nc1cccc(OCc2cn3ccccc3n2)c1. The maximum atomic E-state index is 13.1. The minimum absolute atomic E-state index is 0.125. The van der Waals surface area contributed by atoms with Gasteiger partial charge in [-0.2, -0.15) is 0 Å². The normalized spacial score (nSPS) is 10.7. The summed E-state index contributed by atoms with van der Waals surface area (Å²) in [7, 11) is 0. The van der Waals surface area contributed by atoms with E-state index < -0.39 is 0 Å². The molecule has 0 aliphatic heterocycles. The molecule has 2 aromatic carbocycles. The van der Waals surface area contributed by atoms with Gasteiger partial charge in [0.1, 0.15) is 29.6 Å². The molecule has 0 saturated heterocycles. The van der Waals surface area contributed by atoms with E-state index in [0.717, 1.165) is 11.3 Å². The lowest BCUT2D eigenvalue weighted by Gasteiger charge is -2.09. The van der Waals surface area contributed by atoms with Crippen LogP contribution in [-0.4, -0.2) is 21.9 Å². The van der Waals surface area contributed by atoms with E-state index >= 15 is 0 Å². The van der Waals surface area contributed by atoms with Crippen molar-refractivity contribution in [1.29, 1.82) is 0 Å². The molecule has 4 aromatic rings. The lowest BCUT2D eigenvalue weighted by atomic mass is 10.2. The van der Waals surface area contributed by atoms with Gasteiger partial charge in [-0.1, -0.05) is 18.2 Å². The zero-order valence-electron chi connectivity index (χ0n) is 16.8. The van der Waals surface area contributed by atoms with E-state index in [1.807, 2.05) is 47.1 Å². The van der Waals surface area contributed by atoms with E-state index in [9.17, 15) is 9.18 Å². The van der Waals surface area contributed by atoms with Gasteiger partial charge in [-0.25, -0.2) is 9.37 Å². The van der Waals surface area contributed by atoms with Crippen LogP contribution in [0.1, 0.15) is 18.5 Å². The Morgan fingerprint density at radius 1 is 1.00 bits per heavy atom. The minimum atomic E-state index is -0.349. The van der Waals surface area contributed by atoms with Gasteiger partial charge < -0.3 is 19.2 Å². The van der Waals surface area contributed by atoms with Gasteiger partial charge in [0.15, 0.2) is 0 Å². The molecule has 2 aromatic heterocycles. The van der Waals surface area contributed by atoms with Gasteiger partial charge in [0.25, 0.3) is 0 Å². The number of aromatic nitrogens is 2. The van der Waals surface area contributed by atoms with Gasteiger partial charge in [-0.3, -0.25) is 4.79 Å². The second-order valence-electron chi connectivity index (χ2n) is 6.97. The molecule has 0 aliphatic rings. The van der Waals surface area contributed by atoms with Gasteiger partial charge >= 0.3 is 0 Å². The number of ether oxygens (including phenoxy) is 2. The lowest BCUT2D eigenvalue weighted by Crippen LogP contribution is -2.13. The van der Waals surface area contributed by atoms with Gasteiger partial charge in [-0.05, 0) is 42.8 Å². The first kappa shape index (κ1) is 20.4. The second kappa shape index (κ2) is 9.75. The Kier molecular flexibility index (Phi) is 6.42. The summed E-state index contributed by atoms with van der Waals surface area (Å²) >= 11 is 0. The van der Waals surface area contributed by atoms with Crippen LogP contribution in [-0.2, 0) is 11.4 Å². The number of pyridine rings is 1. The van der Waals surface area contributed by atoms with Crippen LogP contribution in [0.4, 0.5) is 10.1 Å². The molecule has 0 aliphatic carbocycles. The molecule has 7 heteroatoms. The first-order valence-electron chi connectivity index (χ1n) is 9.99. The fraction of sp³-hybridized carbons (Fsp3) is 0.167. The van der Waals surface area contributed by atoms with Crippen molar-refractivity contribution in [2.24, 2.45) is 0 Å². The molecular formula is C24H22FN3O3. The van der Waals surface area contributed by atoms with Crippen LogP contribution in [0.3, 0.4) is 0 Å². The van der Waals surface area contributed by atoms with Crippen molar-refractivity contribution >= 4 is 17.2 Å². The van der Waals surface area contributed by atoms with E-state index in [1.165, 1.54) is 12.1 Å². The first-order chi connectivity index (χ1) is 15.2. The third kappa shape index (κ3) is 5.82. The largest absolute Gasteiger partial charge is 0.493 e. The molecule has 6 nitrogen and oxygen atoms in total. The highest BCUT2D eigenvalue weighted by atomic mass is 19.1. The maximum absolute atomic E-state index is 13.1. The average molecular weight is 419 g/mol. The Balaban J connectivity index is 1.23. The molecule has 0 spiro atoms. The third-order valence-electron chi connectivity index (χ3n) is 4.53. The first-order valence-corrected chi connectivity index (χ1v) is 9.99. The van der Waals surface area contributed by atoms with Gasteiger partial charge in [0, 0.05) is 36.6 Å². The lowest BCUT2D eigenvalue weighted by molar-refractivity contribution is -0.116. The number of benzene rings is 2. The summed E-state index contributed by atoms with van der Waals surface area (Å²) in [5.74, 6) is 0.624. The number of halogens is 1. The Morgan fingerprint density at radius 3 is 2.68 bits per heavy atom. The van der Waals surface area contributed by atoms with Crippen LogP contribution in [0.25, 0.3) is 5.65 Å². The number of amides is 1. The molecule has 2 heterocycles. The van der Waals surface area contributed by atoms with Crippen molar-refractivity contribution < 1.29 is 18.7 Å². The second-order valence-corrected chi connectivity index (χ2v) is 6.97. The van der Waals surface area contributed by atoms with Crippen LogP contribution in [0.2, 0.25) is 0 Å². The van der Waals surface area contributed by atoms with Crippen LogP contribution < -0.4 is 14.8 Å². The average Bonchev–Trinajstić information content (AvgIpc) is 3.19. The molecule has 0 bridgehead atoms. The van der Waals surface area contributed by atoms with Crippen molar-refractivity contribution in [2.75, 3.05) is 11.9 Å². The van der Waals surface area contributed by atoms with Crippen molar-refractivity contribution in [3.63, 3.8) is 0 Å². The Bertz CT molecular complexity index is 1140. The highest BCUT2D eigenvalue weighted by molar-refractivity contribution is 5.90. The molecule has 0 radical (unpaired) electrons. The van der Waals surface area contributed by atoms with Gasteiger partial charge in [-0.15, -0.1) is 0 Å². The maximum Gasteiger partial charge on any atom is 0.224 e. The highest BCUT2D eigenvalue weighted by Gasteiger charge is 2.06. The topological polar surface area (TPSA) is 64.9 Å². The monoisotopic (exact) mass is 419 g/mol. The summed E-state index contributed by atoms with van der Waals surface area (Å²) in [6.45, 7) is 0.662. The fourth-order valence-electron chi connectivity index (χ4n) is 3.08. The number of hydrogen-bond donors (Lipinski definition) is 1. The molecule has 1 amide bonds. The number of anilines is 1. The number of imidazole rings is 1. The summed E-state index contributed by atoms with van der Waals surface area (Å²) < 4.78 is 26.3. The predicted octanol–water partition coefficient (Wildman–Crippen LogP) is 4.85. The van der Waals surface area contributed by atoms with E-state index in [-0.39, 0.29) is 11.7 Å². The fourth-order valence-corrected chi connectivity index (χ4v) is 3.08. The molecule has 0 fully saturated rings. The van der Waals surface area contributed by atoms with Crippen LogP contribution in [0.5, 0.6) is 11.5 Å². The zero-order chi connectivity index (χ0) is 21.5. The molecule has 4 rings (SSSR count). The number of carbonyl (C=O) groups excluding carboxylic acids is 1. The quantitative estimate of drug-likeness (QED) is 0.394. The van der Waals surface area contributed by atoms with E-state index in [0.29, 0.717) is 43.2 Å². The molecule has 0 atom stereocenters. The molecule has 31 heavy (non-hydrogen) atoms. The smallest absolute Gasteiger partial charge is 0.224 e. The number of hydrogen-bond acceptors (Lipinski definition) is 4. The molecule has 1 N–H and O–H groups in total. The van der Waals surface area contributed by atoms with Crippen molar-refractivity contribution in [3.05, 3.63) is 90.6 Å². The summed E-state index contributed by atoms with van der Waals surface area (Å²) in [4.78, 5) is 16.7. The van der Waals surface area contributed by atoms with Gasteiger partial charge in [0.05, 0.1) is 12.3 Å². The number of carbonyl (C=O) groups is 1. The molecule has 0 unspecified atom stereocenters. The highest BCUT2D eigenvalue weighted by Crippen LogP contribution is 2.19. The molecule has 158 valence electrons. The number of fused-ring (bicyclic) bond motifs is 1. The third-order valence-corrected chi connectivity index (χ3v) is 4.53. The molecule has 0 saturated carbocycles. The van der Waals surface area contributed by atoms with Crippen molar-refractivity contribution in [1.82, 2.24) is 9.38 Å². The van der Waals surface area contributed by atoms with Crippen LogP contribution >= 0.6 is 0 Å². The zero-order valence-corrected chi connectivity index (χ0v) is 16.8. The van der Waals surface area contributed by atoms with Crippen LogP contribution in [0, 0.1) is 5.82 Å². The summed E-state index contributed by atoms with van der Waals surface area (Å²) in [6, 6.07) is 19.0. The standard InChI is InChI=1S/C24H22FN3O3/c25-18-6-3-8-21(14-18)30-13-5-11-24(29)27-19-7-4-9-22(15-19)31-17-20-16-28-12-2-1-10-23(28)26-20/h1-4,6-10,12,14-16H,5,11,13,17H2,(H,27,29). The Morgan fingerprint density at radius 2 is 1.84 bits per heavy atom. The van der Waals surface area contributed by atoms with Gasteiger partial charge in [0.2, 0.25) is 5.91 Å². The summed E-state index contributed by atoms with van der Waals surface area (Å²) in [6.07, 6.45) is 4.67. The van der Waals surface area contributed by atoms with E-state index in [2.05, 4.69) is 10.3 Å². The number of rotatable bonds is 9. The Hall–Kier alpha value is -3.87. The molecular weight excluding hydrogens is 397 g/mol. The summed E-state index contributed by atoms with van der Waals surface area (Å²) in [5.41, 5.74) is 2.34. The van der Waals surface area contributed by atoms with Crippen molar-refractivity contribution in [3.8, 4) is 11.5 Å². The number of nitrogens with one attached hydrogen (secondary N) is 1. The van der Waals surface area contributed by atoms with Crippen LogP contribution in [0.15, 0.2) is 79.1 Å². The summed E-state index contributed by atoms with van der Waals surface area (Å²) in [5, 5.41) is 2.86. The van der Waals surface area contributed by atoms with E-state index in [1.54, 1.807) is 24.3 Å². The number of nitrogens with zero attached hydrogens (tertiary/aromatic N) is 2. The Labute approximate surface area is 179 Å². The van der Waals surface area contributed by atoms with Crippen molar-refractivity contribution in [2.45, 2.75) is 19.4 Å².